The quantitative estimate of drug-likeness (QED) is 0.595. The zero-order valence-electron chi connectivity index (χ0n) is 17.7. The normalized spacial score (nSPS) is 22.2. The molecule has 1 saturated heterocycles. The third-order valence-corrected chi connectivity index (χ3v) is 6.77. The van der Waals surface area contributed by atoms with Gasteiger partial charge in [0.1, 0.15) is 11.5 Å². The molecule has 4 heterocycles. The van der Waals surface area contributed by atoms with Crippen LogP contribution < -0.4 is 5.32 Å². The minimum atomic E-state index is -4.78. The molecule has 6 rings (SSSR count). The molecule has 1 N–H and O–H groups in total. The number of hydrogen-bond donors (Lipinski definition) is 1. The fourth-order valence-electron chi connectivity index (χ4n) is 5.07. The molecule has 3 aliphatic rings. The second kappa shape index (κ2) is 7.44. The zero-order valence-corrected chi connectivity index (χ0v) is 17.7. The maximum Gasteiger partial charge on any atom is 0.430 e. The van der Waals surface area contributed by atoms with Crippen molar-refractivity contribution in [1.29, 1.82) is 0 Å². The first kappa shape index (κ1) is 20.5. The van der Waals surface area contributed by atoms with Gasteiger partial charge in [-0.3, -0.25) is 10.00 Å². The Bertz CT molecular complexity index is 1230. The fraction of sp³-hybridized carbons (Fsp3) is 0.435. The van der Waals surface area contributed by atoms with Crippen molar-refractivity contribution in [3.05, 3.63) is 42.1 Å². The highest BCUT2D eigenvalue weighted by Gasteiger charge is 2.49. The maximum absolute atomic E-state index is 13.8. The summed E-state index contributed by atoms with van der Waals surface area (Å²) >= 11 is 0. The van der Waals surface area contributed by atoms with Gasteiger partial charge in [-0.15, -0.1) is 0 Å². The average molecular weight is 457 g/mol. The van der Waals surface area contributed by atoms with Crippen molar-refractivity contribution in [2.75, 3.05) is 18.4 Å². The molecule has 1 atom stereocenters. The Morgan fingerprint density at radius 1 is 1.03 bits per heavy atom. The Hall–Kier alpha value is -3.14. The predicted molar refractivity (Wildman–Crippen MR) is 115 cm³/mol. The van der Waals surface area contributed by atoms with Crippen LogP contribution in [0.4, 0.5) is 23.8 Å². The summed E-state index contributed by atoms with van der Waals surface area (Å²) in [6, 6.07) is 9.97. The van der Waals surface area contributed by atoms with Crippen LogP contribution in [-0.4, -0.2) is 51.1 Å². The molecule has 2 fully saturated rings. The standard InChI is InChI=1S/C23H22F3N5O2/c24-23(25,26)20-18-16(7-10-27-21(18)28-22(32)33-20)19-15-3-1-2-4-17(15)31(29-19)14-8-11-30(12-9-14)13-5-6-13/h1-4,7,10,13-14,20H,5-6,8-9,11-12H2,(H,27,28,32)/t20-/m1/s1. The molecule has 1 saturated carbocycles. The van der Waals surface area contributed by atoms with Gasteiger partial charge in [0.15, 0.2) is 0 Å². The van der Waals surface area contributed by atoms with Gasteiger partial charge < -0.3 is 9.64 Å². The van der Waals surface area contributed by atoms with Crippen molar-refractivity contribution < 1.29 is 22.7 Å². The van der Waals surface area contributed by atoms with Crippen LogP contribution in [0.25, 0.3) is 22.2 Å². The number of hydrogen-bond acceptors (Lipinski definition) is 5. The molecule has 0 unspecified atom stereocenters. The number of carbonyl (C=O) groups is 1. The minimum Gasteiger partial charge on any atom is -0.431 e. The van der Waals surface area contributed by atoms with Gasteiger partial charge in [0.2, 0.25) is 6.10 Å². The van der Waals surface area contributed by atoms with E-state index in [1.807, 2.05) is 28.9 Å². The number of nitrogens with zero attached hydrogens (tertiary/aromatic N) is 4. The molecule has 1 aromatic carbocycles. The number of halogens is 3. The number of alkyl halides is 3. The lowest BCUT2D eigenvalue weighted by Crippen LogP contribution is -2.36. The first-order valence-electron chi connectivity index (χ1n) is 11.1. The van der Waals surface area contributed by atoms with Gasteiger partial charge in [0.25, 0.3) is 0 Å². The molecule has 33 heavy (non-hydrogen) atoms. The second-order valence-corrected chi connectivity index (χ2v) is 8.88. The largest absolute Gasteiger partial charge is 0.431 e. The van der Waals surface area contributed by atoms with Crippen LogP contribution in [0.3, 0.4) is 0 Å². The summed E-state index contributed by atoms with van der Waals surface area (Å²) in [5, 5.41) is 7.90. The SMILES string of the molecule is O=C1Nc2nccc(-c3nn(C4CCN(C5CC5)CC4)c4ccccc34)c2[C@H](C(F)(F)F)O1. The van der Waals surface area contributed by atoms with Crippen LogP contribution in [0, 0.1) is 0 Å². The summed E-state index contributed by atoms with van der Waals surface area (Å²) in [4.78, 5) is 18.2. The van der Waals surface area contributed by atoms with E-state index >= 15 is 0 Å². The maximum atomic E-state index is 13.8. The molecule has 2 aliphatic heterocycles. The van der Waals surface area contributed by atoms with Crippen LogP contribution in [0.15, 0.2) is 36.5 Å². The predicted octanol–water partition coefficient (Wildman–Crippen LogP) is 5.06. The van der Waals surface area contributed by atoms with E-state index in [1.165, 1.54) is 25.1 Å². The number of anilines is 1. The molecule has 2 aromatic heterocycles. The highest BCUT2D eigenvalue weighted by atomic mass is 19.4. The van der Waals surface area contributed by atoms with Gasteiger partial charge >= 0.3 is 12.3 Å². The van der Waals surface area contributed by atoms with Gasteiger partial charge in [-0.1, -0.05) is 18.2 Å². The second-order valence-electron chi connectivity index (χ2n) is 8.88. The zero-order chi connectivity index (χ0) is 22.7. The number of rotatable bonds is 3. The van der Waals surface area contributed by atoms with Crippen LogP contribution in [0.2, 0.25) is 0 Å². The third kappa shape index (κ3) is 3.52. The number of amides is 1. The molecule has 1 amide bonds. The molecular weight excluding hydrogens is 435 g/mol. The summed E-state index contributed by atoms with van der Waals surface area (Å²) in [7, 11) is 0. The van der Waals surface area contributed by atoms with Crippen LogP contribution in [0.5, 0.6) is 0 Å². The molecule has 0 spiro atoms. The van der Waals surface area contributed by atoms with Gasteiger partial charge in [0, 0.05) is 36.3 Å². The minimum absolute atomic E-state index is 0.151. The Balaban J connectivity index is 1.46. The van der Waals surface area contributed by atoms with E-state index in [2.05, 4.69) is 19.9 Å². The number of cyclic esters (lactones) is 1. The van der Waals surface area contributed by atoms with Crippen molar-refractivity contribution in [3.63, 3.8) is 0 Å². The van der Waals surface area contributed by atoms with Gasteiger partial charge in [-0.05, 0) is 37.8 Å². The molecular formula is C23H22F3N5O2. The molecule has 172 valence electrons. The number of nitrogens with one attached hydrogen (secondary N) is 1. The van der Waals surface area contributed by atoms with Crippen molar-refractivity contribution >= 4 is 22.8 Å². The smallest absolute Gasteiger partial charge is 0.430 e. The number of likely N-dealkylation sites (tertiary alicyclic amines) is 1. The summed E-state index contributed by atoms with van der Waals surface area (Å²) in [5.74, 6) is -0.151. The van der Waals surface area contributed by atoms with E-state index in [0.717, 1.165) is 36.8 Å². The number of pyridine rings is 1. The monoisotopic (exact) mass is 457 g/mol. The first-order valence-corrected chi connectivity index (χ1v) is 11.1. The van der Waals surface area contributed by atoms with Gasteiger partial charge in [-0.2, -0.15) is 18.3 Å². The number of carbonyl (C=O) groups excluding carboxylic acids is 1. The van der Waals surface area contributed by atoms with Gasteiger partial charge in [0.05, 0.1) is 17.1 Å². The van der Waals surface area contributed by atoms with Crippen molar-refractivity contribution in [2.45, 2.75) is 50.0 Å². The summed E-state index contributed by atoms with van der Waals surface area (Å²) in [6.07, 6.45) is -2.55. The molecule has 7 nitrogen and oxygen atoms in total. The molecule has 0 radical (unpaired) electrons. The lowest BCUT2D eigenvalue weighted by atomic mass is 9.97. The average Bonchev–Trinajstić information content (AvgIpc) is 3.58. The Labute approximate surface area is 187 Å². The van der Waals surface area contributed by atoms with E-state index in [-0.39, 0.29) is 23.0 Å². The van der Waals surface area contributed by atoms with Crippen LogP contribution >= 0.6 is 0 Å². The van der Waals surface area contributed by atoms with Crippen molar-refractivity contribution in [3.8, 4) is 11.3 Å². The highest BCUT2D eigenvalue weighted by Crippen LogP contribution is 2.46. The topological polar surface area (TPSA) is 72.3 Å². The third-order valence-electron chi connectivity index (χ3n) is 6.77. The number of benzene rings is 1. The van der Waals surface area contributed by atoms with Crippen molar-refractivity contribution in [2.24, 2.45) is 0 Å². The lowest BCUT2D eigenvalue weighted by molar-refractivity contribution is -0.206. The lowest BCUT2D eigenvalue weighted by Gasteiger charge is -2.32. The highest BCUT2D eigenvalue weighted by molar-refractivity contribution is 5.97. The van der Waals surface area contributed by atoms with E-state index in [4.69, 9.17) is 5.10 Å². The van der Waals surface area contributed by atoms with E-state index in [0.29, 0.717) is 11.7 Å². The number of aromatic nitrogens is 3. The van der Waals surface area contributed by atoms with E-state index in [9.17, 15) is 18.0 Å². The van der Waals surface area contributed by atoms with Crippen molar-refractivity contribution in [1.82, 2.24) is 19.7 Å². The molecule has 3 aromatic rings. The summed E-state index contributed by atoms with van der Waals surface area (Å²) in [5.41, 5.74) is 1.35. The van der Waals surface area contributed by atoms with Gasteiger partial charge in [-0.25, -0.2) is 9.78 Å². The van der Waals surface area contributed by atoms with E-state index in [1.54, 1.807) is 0 Å². The summed E-state index contributed by atoms with van der Waals surface area (Å²) in [6.45, 7) is 2.00. The van der Waals surface area contributed by atoms with E-state index < -0.39 is 18.4 Å². The molecule has 10 heteroatoms. The summed E-state index contributed by atoms with van der Waals surface area (Å²) < 4.78 is 48.2. The number of piperidine rings is 1. The number of ether oxygens (including phenoxy) is 1. The molecule has 0 bridgehead atoms. The first-order chi connectivity index (χ1) is 15.9. The van der Waals surface area contributed by atoms with Crippen LogP contribution in [0.1, 0.15) is 43.4 Å². The Morgan fingerprint density at radius 3 is 2.52 bits per heavy atom. The van der Waals surface area contributed by atoms with Crippen LogP contribution in [-0.2, 0) is 4.74 Å². The number of para-hydroxylation sites is 1. The molecule has 1 aliphatic carbocycles. The Morgan fingerprint density at radius 2 is 1.79 bits per heavy atom. The number of fused-ring (bicyclic) bond motifs is 2. The Kier molecular flexibility index (Phi) is 4.62. The fourth-order valence-corrected chi connectivity index (χ4v) is 5.07.